The van der Waals surface area contributed by atoms with Crippen molar-refractivity contribution in [2.75, 3.05) is 0 Å². The highest BCUT2D eigenvalue weighted by Crippen LogP contribution is 2.23. The molecule has 0 spiro atoms. The Bertz CT molecular complexity index is 845. The summed E-state index contributed by atoms with van der Waals surface area (Å²) in [4.78, 5) is 0.957. The van der Waals surface area contributed by atoms with Crippen molar-refractivity contribution in [3.63, 3.8) is 0 Å². The molecular weight excluding hydrogens is 368 g/mol. The van der Waals surface area contributed by atoms with E-state index in [0.29, 0.717) is 0 Å². The molecule has 4 heteroatoms. The van der Waals surface area contributed by atoms with Gasteiger partial charge in [0.1, 0.15) is 24.6 Å². The average Bonchev–Trinajstić information content (AvgIpc) is 2.94. The monoisotopic (exact) mass is 387 g/mol. The van der Waals surface area contributed by atoms with E-state index in [9.17, 15) is 0 Å². The van der Waals surface area contributed by atoms with Crippen molar-refractivity contribution in [3.05, 3.63) is 75.8 Å². The first kappa shape index (κ1) is 16.3. The fourth-order valence-corrected chi connectivity index (χ4v) is 3.58. The van der Waals surface area contributed by atoms with Crippen LogP contribution >= 0.6 is 28.6 Å². The normalized spacial score (nSPS) is 11.0. The SMILES string of the molecule is Cc1cc(C)c(C[n+]2ccn(-c3cc(Br)ccc3S)c2)c(C)c1. The van der Waals surface area contributed by atoms with Crippen LogP contribution in [0, 0.1) is 20.8 Å². The quantitative estimate of drug-likeness (QED) is 0.488. The molecule has 0 aliphatic rings. The molecule has 118 valence electrons. The van der Waals surface area contributed by atoms with Crippen LogP contribution in [0.3, 0.4) is 0 Å². The van der Waals surface area contributed by atoms with Crippen LogP contribution in [0.4, 0.5) is 0 Å². The summed E-state index contributed by atoms with van der Waals surface area (Å²) in [5.41, 5.74) is 6.47. The lowest BCUT2D eigenvalue weighted by Crippen LogP contribution is -2.32. The van der Waals surface area contributed by atoms with E-state index in [1.165, 1.54) is 22.3 Å². The molecule has 3 aromatic rings. The molecule has 0 aliphatic carbocycles. The van der Waals surface area contributed by atoms with E-state index in [1.54, 1.807) is 0 Å². The zero-order chi connectivity index (χ0) is 16.6. The minimum atomic E-state index is 0.876. The van der Waals surface area contributed by atoms with Crippen LogP contribution in [-0.2, 0) is 6.54 Å². The molecule has 0 saturated heterocycles. The van der Waals surface area contributed by atoms with Gasteiger partial charge >= 0.3 is 0 Å². The number of hydrogen-bond acceptors (Lipinski definition) is 1. The van der Waals surface area contributed by atoms with E-state index in [-0.39, 0.29) is 0 Å². The molecule has 0 radical (unpaired) electrons. The second-order valence-corrected chi connectivity index (χ2v) is 7.40. The minimum absolute atomic E-state index is 0.876. The van der Waals surface area contributed by atoms with Crippen LogP contribution in [0.15, 0.2) is 58.4 Å². The molecule has 0 fully saturated rings. The molecule has 0 amide bonds. The summed E-state index contributed by atoms with van der Waals surface area (Å²) in [5.74, 6) is 0. The number of benzene rings is 2. The highest BCUT2D eigenvalue weighted by Gasteiger charge is 2.13. The summed E-state index contributed by atoms with van der Waals surface area (Å²) in [6.45, 7) is 7.40. The van der Waals surface area contributed by atoms with Gasteiger partial charge < -0.3 is 0 Å². The third-order valence-corrected chi connectivity index (χ3v) is 4.96. The van der Waals surface area contributed by atoms with Gasteiger partial charge in [0.05, 0.1) is 4.90 Å². The smallest absolute Gasteiger partial charge is 0.232 e. The summed E-state index contributed by atoms with van der Waals surface area (Å²) >= 11 is 8.08. The summed E-state index contributed by atoms with van der Waals surface area (Å²) in [7, 11) is 0. The van der Waals surface area contributed by atoms with E-state index in [4.69, 9.17) is 0 Å². The van der Waals surface area contributed by atoms with Gasteiger partial charge in [-0.05, 0) is 49.6 Å². The zero-order valence-electron chi connectivity index (χ0n) is 13.5. The molecule has 0 atom stereocenters. The summed E-state index contributed by atoms with van der Waals surface area (Å²) in [6.07, 6.45) is 6.29. The van der Waals surface area contributed by atoms with E-state index in [1.807, 2.05) is 12.1 Å². The van der Waals surface area contributed by atoms with Gasteiger partial charge in [-0.2, -0.15) is 0 Å². The van der Waals surface area contributed by atoms with Crippen molar-refractivity contribution in [2.45, 2.75) is 32.2 Å². The van der Waals surface area contributed by atoms with Crippen molar-refractivity contribution in [2.24, 2.45) is 0 Å². The largest absolute Gasteiger partial charge is 0.249 e. The van der Waals surface area contributed by atoms with Gasteiger partial charge in [0.25, 0.3) is 0 Å². The van der Waals surface area contributed by atoms with Gasteiger partial charge in [0.15, 0.2) is 0 Å². The van der Waals surface area contributed by atoms with E-state index < -0.39 is 0 Å². The van der Waals surface area contributed by atoms with Gasteiger partial charge in [-0.15, -0.1) is 12.6 Å². The topological polar surface area (TPSA) is 8.81 Å². The van der Waals surface area contributed by atoms with Crippen LogP contribution in [0.2, 0.25) is 0 Å². The number of nitrogens with zero attached hydrogens (tertiary/aromatic N) is 2. The van der Waals surface area contributed by atoms with E-state index in [0.717, 1.165) is 21.6 Å². The number of hydrogen-bond donors (Lipinski definition) is 1. The fourth-order valence-electron chi connectivity index (χ4n) is 2.98. The second kappa shape index (κ2) is 6.54. The summed E-state index contributed by atoms with van der Waals surface area (Å²) < 4.78 is 5.36. The Balaban J connectivity index is 1.93. The van der Waals surface area contributed by atoms with Crippen LogP contribution in [0.5, 0.6) is 0 Å². The number of thiol groups is 1. The first-order chi connectivity index (χ1) is 10.9. The lowest BCUT2D eigenvalue weighted by Gasteiger charge is -2.09. The summed E-state index contributed by atoms with van der Waals surface area (Å²) in [5, 5.41) is 0. The maximum absolute atomic E-state index is 4.56. The Morgan fingerprint density at radius 1 is 1.09 bits per heavy atom. The molecule has 2 nitrogen and oxygen atoms in total. The van der Waals surface area contributed by atoms with Crippen molar-refractivity contribution >= 4 is 28.6 Å². The third-order valence-electron chi connectivity index (χ3n) is 4.09. The van der Waals surface area contributed by atoms with Crippen molar-refractivity contribution < 1.29 is 4.57 Å². The average molecular weight is 388 g/mol. The molecule has 0 unspecified atom stereocenters. The lowest BCUT2D eigenvalue weighted by molar-refractivity contribution is -0.687. The molecule has 0 aliphatic heterocycles. The van der Waals surface area contributed by atoms with Gasteiger partial charge in [0.2, 0.25) is 6.33 Å². The minimum Gasteiger partial charge on any atom is -0.232 e. The maximum atomic E-state index is 4.56. The van der Waals surface area contributed by atoms with Crippen molar-refractivity contribution in [1.29, 1.82) is 0 Å². The van der Waals surface area contributed by atoms with Gasteiger partial charge in [-0.25, -0.2) is 9.13 Å². The predicted octanol–water partition coefficient (Wildman–Crippen LogP) is 4.79. The third kappa shape index (κ3) is 3.54. The van der Waals surface area contributed by atoms with Crippen molar-refractivity contribution in [1.82, 2.24) is 4.57 Å². The molecule has 1 aromatic heterocycles. The van der Waals surface area contributed by atoms with Crippen LogP contribution in [-0.4, -0.2) is 4.57 Å². The molecule has 2 aromatic carbocycles. The molecule has 3 rings (SSSR count). The van der Waals surface area contributed by atoms with Gasteiger partial charge in [-0.3, -0.25) is 0 Å². The number of imidazole rings is 1. The predicted molar refractivity (Wildman–Crippen MR) is 101 cm³/mol. The van der Waals surface area contributed by atoms with E-state index >= 15 is 0 Å². The molecular formula is C19H20BrN2S+. The zero-order valence-corrected chi connectivity index (χ0v) is 16.0. The molecule has 0 bridgehead atoms. The first-order valence-corrected chi connectivity index (χ1v) is 8.81. The van der Waals surface area contributed by atoms with Gasteiger partial charge in [0, 0.05) is 10.5 Å². The molecule has 0 saturated carbocycles. The standard InChI is InChI=1S/C19H19BrN2S/c1-13-8-14(2)17(15(3)9-13)11-21-6-7-22(12-21)18-10-16(20)4-5-19(18)23/h4-10,12H,11H2,1-3H3/p+1. The fraction of sp³-hybridized carbons (Fsp3) is 0.211. The number of aryl methyl sites for hydroxylation is 3. The molecule has 0 N–H and O–H groups in total. The maximum Gasteiger partial charge on any atom is 0.249 e. The first-order valence-electron chi connectivity index (χ1n) is 7.56. The van der Waals surface area contributed by atoms with Gasteiger partial charge in [-0.1, -0.05) is 33.6 Å². The Hall–Kier alpha value is -1.52. The highest BCUT2D eigenvalue weighted by molar-refractivity contribution is 9.10. The summed E-state index contributed by atoms with van der Waals surface area (Å²) in [6, 6.07) is 10.6. The Labute approximate surface area is 151 Å². The highest BCUT2D eigenvalue weighted by atomic mass is 79.9. The Kier molecular flexibility index (Phi) is 4.64. The number of aromatic nitrogens is 2. The molecule has 1 heterocycles. The molecule has 23 heavy (non-hydrogen) atoms. The van der Waals surface area contributed by atoms with Crippen LogP contribution in [0.1, 0.15) is 22.3 Å². The Morgan fingerprint density at radius 3 is 2.48 bits per heavy atom. The van der Waals surface area contributed by atoms with Crippen LogP contribution < -0.4 is 4.57 Å². The van der Waals surface area contributed by atoms with Crippen LogP contribution in [0.25, 0.3) is 5.69 Å². The second-order valence-electron chi connectivity index (χ2n) is 6.00. The lowest BCUT2D eigenvalue weighted by atomic mass is 10.00. The van der Waals surface area contributed by atoms with E-state index in [2.05, 4.69) is 95.4 Å². The number of rotatable bonds is 3. The number of halogens is 1. The Morgan fingerprint density at radius 2 is 1.78 bits per heavy atom. The van der Waals surface area contributed by atoms with Crippen molar-refractivity contribution in [3.8, 4) is 5.69 Å².